The fourth-order valence-corrected chi connectivity index (χ4v) is 2.23. The zero-order chi connectivity index (χ0) is 14.0. The second-order valence-electron chi connectivity index (χ2n) is 3.66. The number of aromatic carboxylic acids is 1. The molecule has 0 spiro atoms. The van der Waals surface area contributed by atoms with Crippen molar-refractivity contribution in [2.75, 3.05) is 0 Å². The Labute approximate surface area is 125 Å². The van der Waals surface area contributed by atoms with Gasteiger partial charge in [0.15, 0.2) is 0 Å². The lowest BCUT2D eigenvalue weighted by atomic mass is 10.2. The monoisotopic (exact) mass is 388 g/mol. The average molecular weight is 390 g/mol. The second-order valence-corrected chi connectivity index (χ2v) is 5.43. The first-order valence-corrected chi connectivity index (χ1v) is 6.71. The standard InChI is InChI=1S/C13H7Br2FO3/c14-8-3-7(13(17)18)4-10(5-8)19-12-6-9(16)1-2-11(12)15/h1-6H,(H,17,18). The molecule has 0 heterocycles. The lowest BCUT2D eigenvalue weighted by Gasteiger charge is -2.09. The highest BCUT2D eigenvalue weighted by molar-refractivity contribution is 9.10. The van der Waals surface area contributed by atoms with Gasteiger partial charge in [-0.3, -0.25) is 0 Å². The molecular formula is C13H7Br2FO3. The van der Waals surface area contributed by atoms with Gasteiger partial charge >= 0.3 is 5.97 Å². The summed E-state index contributed by atoms with van der Waals surface area (Å²) in [5.74, 6) is -0.927. The number of carboxylic acids is 1. The summed E-state index contributed by atoms with van der Waals surface area (Å²) in [4.78, 5) is 10.9. The SMILES string of the molecule is O=C(O)c1cc(Br)cc(Oc2cc(F)ccc2Br)c1. The van der Waals surface area contributed by atoms with Crippen LogP contribution in [0.1, 0.15) is 10.4 Å². The Morgan fingerprint density at radius 2 is 1.89 bits per heavy atom. The number of carboxylic acid groups (broad SMARTS) is 1. The Morgan fingerprint density at radius 1 is 1.16 bits per heavy atom. The molecule has 0 aliphatic heterocycles. The fourth-order valence-electron chi connectivity index (χ4n) is 1.43. The molecule has 0 unspecified atom stereocenters. The Morgan fingerprint density at radius 3 is 2.58 bits per heavy atom. The minimum absolute atomic E-state index is 0.0805. The predicted octanol–water partition coefficient (Wildman–Crippen LogP) is 4.84. The van der Waals surface area contributed by atoms with E-state index in [1.165, 1.54) is 30.3 Å². The van der Waals surface area contributed by atoms with Crippen LogP contribution in [0.15, 0.2) is 45.3 Å². The van der Waals surface area contributed by atoms with E-state index >= 15 is 0 Å². The van der Waals surface area contributed by atoms with Gasteiger partial charge in [0.05, 0.1) is 10.0 Å². The summed E-state index contributed by atoms with van der Waals surface area (Å²) in [7, 11) is 0. The van der Waals surface area contributed by atoms with E-state index in [0.29, 0.717) is 14.7 Å². The van der Waals surface area contributed by atoms with Gasteiger partial charge in [-0.1, -0.05) is 15.9 Å². The minimum Gasteiger partial charge on any atom is -0.478 e. The van der Waals surface area contributed by atoms with Gasteiger partial charge in [0.25, 0.3) is 0 Å². The first-order chi connectivity index (χ1) is 8.95. The zero-order valence-electron chi connectivity index (χ0n) is 9.36. The van der Waals surface area contributed by atoms with Crippen LogP contribution in [-0.4, -0.2) is 11.1 Å². The minimum atomic E-state index is -1.07. The first kappa shape index (κ1) is 14.0. The summed E-state index contributed by atoms with van der Waals surface area (Å²) in [6.07, 6.45) is 0. The van der Waals surface area contributed by atoms with Crippen LogP contribution in [-0.2, 0) is 0 Å². The zero-order valence-corrected chi connectivity index (χ0v) is 12.5. The first-order valence-electron chi connectivity index (χ1n) is 5.12. The summed E-state index contributed by atoms with van der Waals surface area (Å²) < 4.78 is 19.8. The Balaban J connectivity index is 2.38. The van der Waals surface area contributed by atoms with Crippen molar-refractivity contribution in [2.45, 2.75) is 0 Å². The van der Waals surface area contributed by atoms with Crippen molar-refractivity contribution in [2.24, 2.45) is 0 Å². The molecule has 19 heavy (non-hydrogen) atoms. The second kappa shape index (κ2) is 5.71. The van der Waals surface area contributed by atoms with Gasteiger partial charge < -0.3 is 9.84 Å². The molecule has 0 saturated heterocycles. The molecular weight excluding hydrogens is 383 g/mol. The quantitative estimate of drug-likeness (QED) is 0.816. The molecule has 0 aromatic heterocycles. The maximum absolute atomic E-state index is 13.1. The highest BCUT2D eigenvalue weighted by Crippen LogP contribution is 2.32. The summed E-state index contributed by atoms with van der Waals surface area (Å²) in [6, 6.07) is 8.44. The van der Waals surface area contributed by atoms with E-state index in [4.69, 9.17) is 9.84 Å². The lowest BCUT2D eigenvalue weighted by molar-refractivity contribution is 0.0696. The number of halogens is 3. The van der Waals surface area contributed by atoms with E-state index in [2.05, 4.69) is 31.9 Å². The van der Waals surface area contributed by atoms with Gasteiger partial charge in [-0.05, 0) is 46.3 Å². The van der Waals surface area contributed by atoms with Crippen LogP contribution < -0.4 is 4.74 Å². The van der Waals surface area contributed by atoms with Crippen LogP contribution in [0.25, 0.3) is 0 Å². The van der Waals surface area contributed by atoms with E-state index in [-0.39, 0.29) is 11.3 Å². The van der Waals surface area contributed by atoms with Crippen molar-refractivity contribution in [3.8, 4) is 11.5 Å². The molecule has 0 bridgehead atoms. The van der Waals surface area contributed by atoms with Gasteiger partial charge in [-0.15, -0.1) is 0 Å². The van der Waals surface area contributed by atoms with Crippen LogP contribution in [0.4, 0.5) is 4.39 Å². The molecule has 2 aromatic rings. The van der Waals surface area contributed by atoms with Crippen molar-refractivity contribution in [3.63, 3.8) is 0 Å². The third kappa shape index (κ3) is 3.54. The summed E-state index contributed by atoms with van der Waals surface area (Å²) in [5, 5.41) is 8.95. The van der Waals surface area contributed by atoms with Gasteiger partial charge in [-0.2, -0.15) is 0 Å². The molecule has 1 N–H and O–H groups in total. The number of rotatable bonds is 3. The van der Waals surface area contributed by atoms with E-state index in [0.717, 1.165) is 0 Å². The van der Waals surface area contributed by atoms with Crippen molar-refractivity contribution in [1.82, 2.24) is 0 Å². The molecule has 0 aliphatic carbocycles. The number of hydrogen-bond donors (Lipinski definition) is 1. The molecule has 6 heteroatoms. The molecule has 0 radical (unpaired) electrons. The highest BCUT2D eigenvalue weighted by Gasteiger charge is 2.09. The molecule has 0 atom stereocenters. The predicted molar refractivity (Wildman–Crippen MR) is 75.3 cm³/mol. The van der Waals surface area contributed by atoms with E-state index in [9.17, 15) is 9.18 Å². The van der Waals surface area contributed by atoms with Crippen LogP contribution in [0.2, 0.25) is 0 Å². The van der Waals surface area contributed by atoms with Gasteiger partial charge in [0, 0.05) is 10.5 Å². The summed E-state index contributed by atoms with van der Waals surface area (Å²) in [6.45, 7) is 0. The van der Waals surface area contributed by atoms with Crippen molar-refractivity contribution in [1.29, 1.82) is 0 Å². The van der Waals surface area contributed by atoms with Gasteiger partial charge in [0.1, 0.15) is 17.3 Å². The average Bonchev–Trinajstić information content (AvgIpc) is 2.33. The topological polar surface area (TPSA) is 46.5 Å². The third-order valence-corrected chi connectivity index (χ3v) is 3.35. The largest absolute Gasteiger partial charge is 0.478 e. The highest BCUT2D eigenvalue weighted by atomic mass is 79.9. The van der Waals surface area contributed by atoms with Crippen LogP contribution >= 0.6 is 31.9 Å². The molecule has 0 aliphatic rings. The maximum Gasteiger partial charge on any atom is 0.335 e. The normalized spacial score (nSPS) is 10.3. The Kier molecular flexibility index (Phi) is 4.21. The molecule has 3 nitrogen and oxygen atoms in total. The third-order valence-electron chi connectivity index (χ3n) is 2.24. The molecule has 98 valence electrons. The Bertz CT molecular complexity index is 644. The molecule has 2 aromatic carbocycles. The number of carbonyl (C=O) groups is 1. The van der Waals surface area contributed by atoms with E-state index in [1.54, 1.807) is 6.07 Å². The molecule has 0 fully saturated rings. The summed E-state index contributed by atoms with van der Waals surface area (Å²) >= 11 is 6.43. The lowest BCUT2D eigenvalue weighted by Crippen LogP contribution is -1.97. The van der Waals surface area contributed by atoms with Gasteiger partial charge in [0.2, 0.25) is 0 Å². The Hall–Kier alpha value is -1.40. The van der Waals surface area contributed by atoms with Crippen molar-refractivity contribution in [3.05, 3.63) is 56.7 Å². The van der Waals surface area contributed by atoms with Gasteiger partial charge in [-0.25, -0.2) is 9.18 Å². The van der Waals surface area contributed by atoms with Crippen LogP contribution in [0.5, 0.6) is 11.5 Å². The van der Waals surface area contributed by atoms with E-state index < -0.39 is 11.8 Å². The van der Waals surface area contributed by atoms with E-state index in [1.807, 2.05) is 0 Å². The van der Waals surface area contributed by atoms with Crippen LogP contribution in [0, 0.1) is 5.82 Å². The molecule has 2 rings (SSSR count). The smallest absolute Gasteiger partial charge is 0.335 e. The maximum atomic E-state index is 13.1. The summed E-state index contributed by atoms with van der Waals surface area (Å²) in [5.41, 5.74) is 0.0805. The van der Waals surface area contributed by atoms with Crippen molar-refractivity contribution >= 4 is 37.8 Å². The fraction of sp³-hybridized carbons (Fsp3) is 0. The number of hydrogen-bond acceptors (Lipinski definition) is 2. The molecule has 0 saturated carbocycles. The number of ether oxygens (including phenoxy) is 1. The van der Waals surface area contributed by atoms with Crippen LogP contribution in [0.3, 0.4) is 0 Å². The number of benzene rings is 2. The molecule has 0 amide bonds. The van der Waals surface area contributed by atoms with Crippen molar-refractivity contribution < 1.29 is 19.0 Å².